The normalized spacial score (nSPS) is 10.7. The number of nitrogens with zero attached hydrogens (tertiary/aromatic N) is 1. The van der Waals surface area contributed by atoms with E-state index in [1.165, 1.54) is 6.08 Å². The third kappa shape index (κ3) is 5.37. The molecular formula is C20H19IN2O4. The number of carbonyl (C=O) groups excluding carboxylic acids is 1. The van der Waals surface area contributed by atoms with Gasteiger partial charge >= 0.3 is 0 Å². The smallest absolute Gasteiger partial charge is 0.266 e. The van der Waals surface area contributed by atoms with Crippen molar-refractivity contribution < 1.29 is 19.0 Å². The number of benzene rings is 2. The molecule has 7 heteroatoms. The van der Waals surface area contributed by atoms with Crippen molar-refractivity contribution in [2.45, 2.75) is 6.92 Å². The Morgan fingerprint density at radius 2 is 2.04 bits per heavy atom. The van der Waals surface area contributed by atoms with Gasteiger partial charge in [0.15, 0.2) is 11.5 Å². The molecule has 0 unspecified atom stereocenters. The van der Waals surface area contributed by atoms with Gasteiger partial charge in [-0.1, -0.05) is 6.07 Å². The number of halogens is 1. The second kappa shape index (κ2) is 9.83. The molecule has 0 saturated carbocycles. The molecule has 140 valence electrons. The predicted octanol–water partition coefficient (Wildman–Crippen LogP) is 4.25. The largest absolute Gasteiger partial charge is 0.497 e. The van der Waals surface area contributed by atoms with E-state index in [0.717, 1.165) is 3.57 Å². The molecule has 1 amide bonds. The highest BCUT2D eigenvalue weighted by atomic mass is 127. The fourth-order valence-electron chi connectivity index (χ4n) is 2.32. The third-order valence-electron chi connectivity index (χ3n) is 3.54. The zero-order valence-corrected chi connectivity index (χ0v) is 17.4. The van der Waals surface area contributed by atoms with Crippen LogP contribution >= 0.6 is 22.6 Å². The molecule has 0 aromatic heterocycles. The summed E-state index contributed by atoms with van der Waals surface area (Å²) in [7, 11) is 3.09. The van der Waals surface area contributed by atoms with Gasteiger partial charge in [-0.3, -0.25) is 4.79 Å². The van der Waals surface area contributed by atoms with Crippen LogP contribution in [-0.4, -0.2) is 26.7 Å². The Bertz CT molecular complexity index is 903. The second-order valence-corrected chi connectivity index (χ2v) is 6.49. The van der Waals surface area contributed by atoms with E-state index in [2.05, 4.69) is 27.9 Å². The molecule has 0 atom stereocenters. The van der Waals surface area contributed by atoms with Crippen LogP contribution in [0.5, 0.6) is 17.2 Å². The molecular weight excluding hydrogens is 459 g/mol. The average molecular weight is 478 g/mol. The fraction of sp³-hybridized carbons (Fsp3) is 0.200. The molecule has 0 aliphatic rings. The van der Waals surface area contributed by atoms with Crippen molar-refractivity contribution in [1.82, 2.24) is 0 Å². The summed E-state index contributed by atoms with van der Waals surface area (Å²) in [6, 6.07) is 12.4. The van der Waals surface area contributed by atoms with Crippen LogP contribution in [0.25, 0.3) is 6.08 Å². The van der Waals surface area contributed by atoms with Gasteiger partial charge in [-0.05, 0) is 65.4 Å². The second-order valence-electron chi connectivity index (χ2n) is 5.32. The minimum atomic E-state index is -0.506. The zero-order valence-electron chi connectivity index (χ0n) is 15.2. The van der Waals surface area contributed by atoms with Crippen LogP contribution in [0.2, 0.25) is 0 Å². The minimum absolute atomic E-state index is 0.0279. The van der Waals surface area contributed by atoms with Crippen LogP contribution in [0.4, 0.5) is 5.69 Å². The van der Waals surface area contributed by atoms with Gasteiger partial charge in [0.1, 0.15) is 17.4 Å². The van der Waals surface area contributed by atoms with E-state index in [-0.39, 0.29) is 5.57 Å². The average Bonchev–Trinajstić information content (AvgIpc) is 2.67. The molecule has 1 N–H and O–H groups in total. The number of nitrogens with one attached hydrogen (secondary N) is 1. The van der Waals surface area contributed by atoms with E-state index >= 15 is 0 Å². The molecule has 0 radical (unpaired) electrons. The summed E-state index contributed by atoms with van der Waals surface area (Å²) in [5, 5.41) is 12.1. The first-order valence-corrected chi connectivity index (χ1v) is 9.17. The molecule has 2 aromatic carbocycles. The molecule has 0 bridgehead atoms. The lowest BCUT2D eigenvalue weighted by atomic mass is 10.1. The topological polar surface area (TPSA) is 80.6 Å². The number of hydrogen-bond acceptors (Lipinski definition) is 5. The van der Waals surface area contributed by atoms with E-state index in [1.54, 1.807) is 44.6 Å². The van der Waals surface area contributed by atoms with Crippen LogP contribution in [0, 0.1) is 14.9 Å². The lowest BCUT2D eigenvalue weighted by molar-refractivity contribution is -0.112. The first-order chi connectivity index (χ1) is 13.0. The van der Waals surface area contributed by atoms with Crippen molar-refractivity contribution >= 4 is 40.3 Å². The summed E-state index contributed by atoms with van der Waals surface area (Å²) < 4.78 is 16.9. The van der Waals surface area contributed by atoms with E-state index in [1.807, 2.05) is 19.1 Å². The first-order valence-electron chi connectivity index (χ1n) is 8.09. The highest BCUT2D eigenvalue weighted by molar-refractivity contribution is 14.1. The fourth-order valence-corrected chi connectivity index (χ4v) is 3.10. The number of hydrogen-bond donors (Lipinski definition) is 1. The molecule has 0 spiro atoms. The summed E-state index contributed by atoms with van der Waals surface area (Å²) in [5.74, 6) is 1.28. The van der Waals surface area contributed by atoms with E-state index in [0.29, 0.717) is 35.1 Å². The van der Waals surface area contributed by atoms with Crippen molar-refractivity contribution in [2.75, 3.05) is 26.1 Å². The molecule has 0 aliphatic heterocycles. The maximum atomic E-state index is 12.5. The van der Waals surface area contributed by atoms with E-state index < -0.39 is 5.91 Å². The molecule has 0 fully saturated rings. The van der Waals surface area contributed by atoms with Gasteiger partial charge in [0, 0.05) is 11.8 Å². The number of methoxy groups -OCH3 is 2. The van der Waals surface area contributed by atoms with Gasteiger partial charge in [-0.15, -0.1) is 0 Å². The quantitative estimate of drug-likeness (QED) is 0.366. The number of ether oxygens (including phenoxy) is 3. The highest BCUT2D eigenvalue weighted by Crippen LogP contribution is 2.34. The van der Waals surface area contributed by atoms with Crippen molar-refractivity contribution in [3.05, 3.63) is 51.1 Å². The van der Waals surface area contributed by atoms with Gasteiger partial charge < -0.3 is 19.5 Å². The van der Waals surface area contributed by atoms with Gasteiger partial charge in [0.25, 0.3) is 5.91 Å². The van der Waals surface area contributed by atoms with E-state index in [9.17, 15) is 10.1 Å². The number of carbonyl (C=O) groups is 1. The van der Waals surface area contributed by atoms with Crippen molar-refractivity contribution in [3.63, 3.8) is 0 Å². The molecule has 6 nitrogen and oxygen atoms in total. The summed E-state index contributed by atoms with van der Waals surface area (Å²) in [6.07, 6.45) is 1.51. The predicted molar refractivity (Wildman–Crippen MR) is 112 cm³/mol. The lowest BCUT2D eigenvalue weighted by Gasteiger charge is -2.12. The number of anilines is 1. The first kappa shape index (κ1) is 20.6. The number of rotatable bonds is 7. The Balaban J connectivity index is 2.30. The van der Waals surface area contributed by atoms with Crippen molar-refractivity contribution in [2.24, 2.45) is 0 Å². The molecule has 0 aliphatic carbocycles. The van der Waals surface area contributed by atoms with Crippen molar-refractivity contribution in [3.8, 4) is 23.3 Å². The van der Waals surface area contributed by atoms with Crippen LogP contribution in [0.1, 0.15) is 12.5 Å². The Morgan fingerprint density at radius 3 is 2.67 bits per heavy atom. The maximum absolute atomic E-state index is 12.5. The van der Waals surface area contributed by atoms with Gasteiger partial charge in [0.2, 0.25) is 0 Å². The van der Waals surface area contributed by atoms with Crippen LogP contribution in [0.15, 0.2) is 42.0 Å². The number of nitriles is 1. The zero-order chi connectivity index (χ0) is 19.8. The summed E-state index contributed by atoms with van der Waals surface area (Å²) in [4.78, 5) is 12.5. The van der Waals surface area contributed by atoms with Crippen molar-refractivity contribution in [1.29, 1.82) is 5.26 Å². The van der Waals surface area contributed by atoms with Gasteiger partial charge in [-0.2, -0.15) is 5.26 Å². The number of amides is 1. The highest BCUT2D eigenvalue weighted by Gasteiger charge is 2.14. The Morgan fingerprint density at radius 1 is 1.26 bits per heavy atom. The molecule has 2 rings (SSSR count). The molecule has 2 aromatic rings. The molecule has 0 saturated heterocycles. The summed E-state index contributed by atoms with van der Waals surface area (Å²) in [6.45, 7) is 2.40. The van der Waals surface area contributed by atoms with E-state index in [4.69, 9.17) is 14.2 Å². The Hall–Kier alpha value is -2.73. The monoisotopic (exact) mass is 478 g/mol. The molecule has 27 heavy (non-hydrogen) atoms. The molecule has 0 heterocycles. The Kier molecular flexibility index (Phi) is 7.49. The van der Waals surface area contributed by atoms with Crippen LogP contribution in [-0.2, 0) is 4.79 Å². The SMILES string of the molecule is CCOc1c(I)cc(/C=C(\C#N)C(=O)Nc2cccc(OC)c2)cc1OC. The summed E-state index contributed by atoms with van der Waals surface area (Å²) >= 11 is 2.13. The summed E-state index contributed by atoms with van der Waals surface area (Å²) in [5.41, 5.74) is 1.18. The van der Waals surface area contributed by atoms with Gasteiger partial charge in [0.05, 0.1) is 24.4 Å². The van der Waals surface area contributed by atoms with Crippen LogP contribution in [0.3, 0.4) is 0 Å². The maximum Gasteiger partial charge on any atom is 0.266 e. The third-order valence-corrected chi connectivity index (χ3v) is 4.35. The Labute approximate surface area is 171 Å². The minimum Gasteiger partial charge on any atom is -0.497 e. The lowest BCUT2D eigenvalue weighted by Crippen LogP contribution is -2.13. The van der Waals surface area contributed by atoms with Gasteiger partial charge in [-0.25, -0.2) is 0 Å². The standard InChI is InChI=1S/C20H19IN2O4/c1-4-27-19-17(21)9-13(10-18(19)26-3)8-14(12-22)20(24)23-15-6-5-7-16(11-15)25-2/h5-11H,4H2,1-3H3,(H,23,24)/b14-8+. The van der Waals surface area contributed by atoms with Crippen LogP contribution < -0.4 is 19.5 Å².